The Bertz CT molecular complexity index is 898. The molecular formula is C18H21F4NO5S. The highest BCUT2D eigenvalue weighted by Crippen LogP contribution is 2.37. The molecule has 0 amide bonds. The molecule has 6 nitrogen and oxygen atoms in total. The number of rotatable bonds is 5. The van der Waals surface area contributed by atoms with Crippen LogP contribution in [0.25, 0.3) is 0 Å². The van der Waals surface area contributed by atoms with Crippen LogP contribution < -0.4 is 9.47 Å². The third-order valence-electron chi connectivity index (χ3n) is 4.71. The van der Waals surface area contributed by atoms with Crippen molar-refractivity contribution < 1.29 is 40.3 Å². The monoisotopic (exact) mass is 439 g/mol. The van der Waals surface area contributed by atoms with Crippen molar-refractivity contribution in [3.63, 3.8) is 0 Å². The van der Waals surface area contributed by atoms with Crippen molar-refractivity contribution in [1.29, 1.82) is 0 Å². The molecule has 29 heavy (non-hydrogen) atoms. The lowest BCUT2D eigenvalue weighted by molar-refractivity contribution is 0.0123. The summed E-state index contributed by atoms with van der Waals surface area (Å²) in [6.07, 6.45) is 2.90. The Morgan fingerprint density at radius 1 is 1.00 bits per heavy atom. The van der Waals surface area contributed by atoms with E-state index in [1.165, 1.54) is 0 Å². The highest BCUT2D eigenvalue weighted by Gasteiger charge is 2.37. The molecule has 0 unspecified atom stereocenters. The summed E-state index contributed by atoms with van der Waals surface area (Å²) in [5.74, 6) is -11.2. The van der Waals surface area contributed by atoms with E-state index < -0.39 is 62.2 Å². The zero-order valence-electron chi connectivity index (χ0n) is 15.9. The molecule has 11 heteroatoms. The van der Waals surface area contributed by atoms with Gasteiger partial charge in [-0.25, -0.2) is 8.42 Å². The van der Waals surface area contributed by atoms with Crippen LogP contribution in [0.4, 0.5) is 17.6 Å². The van der Waals surface area contributed by atoms with E-state index in [1.807, 2.05) is 0 Å². The maximum absolute atomic E-state index is 14.3. The number of halogens is 4. The van der Waals surface area contributed by atoms with Gasteiger partial charge in [-0.15, -0.1) is 0 Å². The van der Waals surface area contributed by atoms with Crippen LogP contribution in [0.1, 0.15) is 52.4 Å². The van der Waals surface area contributed by atoms with E-state index in [4.69, 9.17) is 9.57 Å². The number of oxime groups is 1. The minimum absolute atomic E-state index is 0.0828. The first-order valence-corrected chi connectivity index (χ1v) is 10.8. The van der Waals surface area contributed by atoms with Gasteiger partial charge in [-0.3, -0.25) is 0 Å². The van der Waals surface area contributed by atoms with E-state index in [0.717, 1.165) is 19.3 Å². The molecule has 0 aromatic heterocycles. The van der Waals surface area contributed by atoms with E-state index in [1.54, 1.807) is 13.8 Å². The predicted octanol–water partition coefficient (Wildman–Crippen LogP) is 4.22. The van der Waals surface area contributed by atoms with Crippen LogP contribution >= 0.6 is 0 Å². The van der Waals surface area contributed by atoms with Crippen LogP contribution in [-0.4, -0.2) is 31.1 Å². The Hall–Kier alpha value is -2.04. The van der Waals surface area contributed by atoms with Gasteiger partial charge in [0.1, 0.15) is 5.60 Å². The normalized spacial score (nSPS) is 19.6. The van der Waals surface area contributed by atoms with Crippen LogP contribution in [-0.2, 0) is 14.7 Å². The summed E-state index contributed by atoms with van der Waals surface area (Å²) in [7, 11) is -4.23. The summed E-state index contributed by atoms with van der Waals surface area (Å²) in [4.78, 5) is 4.93. The number of sulfone groups is 1. The lowest BCUT2D eigenvalue weighted by atomic mass is 9.98. The van der Waals surface area contributed by atoms with Gasteiger partial charge in [0.25, 0.3) is 0 Å². The van der Waals surface area contributed by atoms with E-state index in [2.05, 4.69) is 9.89 Å². The second kappa shape index (κ2) is 8.00. The summed E-state index contributed by atoms with van der Waals surface area (Å²) < 4.78 is 91.4. The van der Waals surface area contributed by atoms with Gasteiger partial charge in [0.15, 0.2) is 22.5 Å². The Balaban J connectivity index is 1.80. The summed E-state index contributed by atoms with van der Waals surface area (Å²) in [5.41, 5.74) is -0.866. The summed E-state index contributed by atoms with van der Waals surface area (Å²) >= 11 is 0. The maximum Gasteiger partial charge on any atom is 0.230 e. The van der Waals surface area contributed by atoms with Gasteiger partial charge in [-0.05, 0) is 39.5 Å². The van der Waals surface area contributed by atoms with Crippen LogP contribution in [0.5, 0.6) is 11.5 Å². The van der Waals surface area contributed by atoms with Gasteiger partial charge < -0.3 is 14.3 Å². The molecule has 0 N–H and O–H groups in total. The van der Waals surface area contributed by atoms with Crippen LogP contribution in [0.15, 0.2) is 5.16 Å². The van der Waals surface area contributed by atoms with Gasteiger partial charge in [0.2, 0.25) is 33.1 Å². The first-order valence-electron chi connectivity index (χ1n) is 9.15. The molecule has 3 rings (SSSR count). The Morgan fingerprint density at radius 3 is 2.07 bits per heavy atom. The largest absolute Gasteiger partial charge is 0.484 e. The molecule has 162 valence electrons. The van der Waals surface area contributed by atoms with E-state index >= 15 is 0 Å². The number of benzene rings is 1. The highest BCUT2D eigenvalue weighted by molar-refractivity contribution is 8.06. The van der Waals surface area contributed by atoms with Crippen LogP contribution in [0.2, 0.25) is 0 Å². The predicted molar refractivity (Wildman–Crippen MR) is 95.4 cm³/mol. The zero-order chi connectivity index (χ0) is 21.4. The zero-order valence-corrected chi connectivity index (χ0v) is 16.8. The molecule has 0 saturated heterocycles. The molecule has 0 radical (unpaired) electrons. The van der Waals surface area contributed by atoms with Crippen molar-refractivity contribution in [2.45, 2.75) is 64.1 Å². The van der Waals surface area contributed by atoms with Gasteiger partial charge in [-0.1, -0.05) is 11.6 Å². The molecule has 1 aromatic carbocycles. The molecule has 1 heterocycles. The smallest absolute Gasteiger partial charge is 0.230 e. The molecular weight excluding hydrogens is 418 g/mol. The average Bonchev–Trinajstić information content (AvgIpc) is 3.05. The quantitative estimate of drug-likeness (QED) is 0.507. The van der Waals surface area contributed by atoms with Gasteiger partial charge >= 0.3 is 0 Å². The van der Waals surface area contributed by atoms with Crippen molar-refractivity contribution in [3.8, 4) is 11.5 Å². The molecule has 0 atom stereocenters. The molecule has 2 aliphatic rings. The van der Waals surface area contributed by atoms with E-state index in [9.17, 15) is 26.0 Å². The first-order chi connectivity index (χ1) is 13.5. The number of nitrogens with zero attached hydrogens (tertiary/aromatic N) is 1. The maximum atomic E-state index is 14.3. The minimum Gasteiger partial charge on any atom is -0.484 e. The summed E-state index contributed by atoms with van der Waals surface area (Å²) in [6.45, 7) is 3.18. The van der Waals surface area contributed by atoms with Crippen LogP contribution in [0, 0.1) is 23.3 Å². The average molecular weight is 439 g/mol. The molecule has 1 aromatic rings. The van der Waals surface area contributed by atoms with Crippen molar-refractivity contribution in [2.24, 2.45) is 5.16 Å². The van der Waals surface area contributed by atoms with Crippen molar-refractivity contribution in [3.05, 3.63) is 23.3 Å². The third-order valence-corrected chi connectivity index (χ3v) is 6.07. The van der Waals surface area contributed by atoms with Crippen molar-refractivity contribution >= 4 is 14.9 Å². The van der Waals surface area contributed by atoms with E-state index in [0.29, 0.717) is 12.8 Å². The topological polar surface area (TPSA) is 74.2 Å². The Kier molecular flexibility index (Phi) is 5.98. The fourth-order valence-electron chi connectivity index (χ4n) is 3.15. The lowest BCUT2D eigenvalue weighted by Crippen LogP contribution is -2.26. The molecule has 0 spiro atoms. The highest BCUT2D eigenvalue weighted by atomic mass is 32.2. The fraction of sp³-hybridized carbons (Fsp3) is 0.611. The van der Waals surface area contributed by atoms with Crippen LogP contribution in [0.3, 0.4) is 0 Å². The van der Waals surface area contributed by atoms with Crippen molar-refractivity contribution in [2.75, 3.05) is 5.94 Å². The summed E-state index contributed by atoms with van der Waals surface area (Å²) in [5, 5.41) is 3.04. The number of hydrogen-bond donors (Lipinski definition) is 0. The van der Waals surface area contributed by atoms with E-state index in [-0.39, 0.29) is 11.5 Å². The molecule has 1 aliphatic heterocycles. The molecule has 0 bridgehead atoms. The van der Waals surface area contributed by atoms with Gasteiger partial charge in [0.05, 0.1) is 6.10 Å². The molecule has 1 aliphatic carbocycles. The van der Waals surface area contributed by atoms with Gasteiger partial charge in [-0.2, -0.15) is 17.6 Å². The lowest BCUT2D eigenvalue weighted by Gasteiger charge is -2.24. The standard InChI is InChI=1S/C18H21F4NO5S/c1-18(2)8-11(23-28-18)29(24,25)9-26-16-12(19)14(21)17(15(22)13(16)20)27-10-6-4-3-5-7-10/h10H,3-9H2,1-2H3. The second-order valence-electron chi connectivity index (χ2n) is 7.68. The SMILES string of the molecule is CC1(C)CC(S(=O)(=O)COc2c(F)c(F)c(OC3CCCCC3)c(F)c2F)=NO1. The molecule has 1 fully saturated rings. The first kappa shape index (κ1) is 21.7. The Morgan fingerprint density at radius 2 is 1.55 bits per heavy atom. The number of ether oxygens (including phenoxy) is 2. The molecule has 1 saturated carbocycles. The third kappa shape index (κ3) is 4.59. The van der Waals surface area contributed by atoms with Crippen molar-refractivity contribution in [1.82, 2.24) is 0 Å². The Labute approximate surface area is 165 Å². The number of hydrogen-bond acceptors (Lipinski definition) is 6. The summed E-state index contributed by atoms with van der Waals surface area (Å²) in [6, 6.07) is 0. The minimum atomic E-state index is -4.23. The second-order valence-corrected chi connectivity index (χ2v) is 9.62. The van der Waals surface area contributed by atoms with Gasteiger partial charge in [0, 0.05) is 6.42 Å². The fourth-order valence-corrected chi connectivity index (χ4v) is 4.27.